The van der Waals surface area contributed by atoms with Crippen LogP contribution in [0, 0.1) is 10.1 Å². The molecule has 10 heteroatoms. The highest BCUT2D eigenvalue weighted by molar-refractivity contribution is 5.93. The summed E-state index contributed by atoms with van der Waals surface area (Å²) in [6.45, 7) is 3.36. The summed E-state index contributed by atoms with van der Waals surface area (Å²) in [5.41, 5.74) is 0.151. The molecule has 10 nitrogen and oxygen atoms in total. The maximum absolute atomic E-state index is 12.4. The fourth-order valence-corrected chi connectivity index (χ4v) is 3.52. The number of carbonyl (C=O) groups excluding carboxylic acids is 2. The van der Waals surface area contributed by atoms with Gasteiger partial charge < -0.3 is 24.6 Å². The summed E-state index contributed by atoms with van der Waals surface area (Å²) in [7, 11) is 1.44. The van der Waals surface area contributed by atoms with Gasteiger partial charge in [-0.05, 0) is 18.9 Å². The first kappa shape index (κ1) is 20.0. The van der Waals surface area contributed by atoms with E-state index >= 15 is 0 Å². The molecule has 1 aromatic carbocycles. The van der Waals surface area contributed by atoms with Crippen LogP contribution in [0.1, 0.15) is 12.8 Å². The third-order valence-electron chi connectivity index (χ3n) is 5.07. The number of piperazine rings is 1. The maximum Gasteiger partial charge on any atom is 0.279 e. The topological polar surface area (TPSA) is 115 Å². The van der Waals surface area contributed by atoms with Crippen molar-refractivity contribution in [1.82, 2.24) is 4.90 Å². The Hall–Kier alpha value is -2.72. The predicted molar refractivity (Wildman–Crippen MR) is 99.4 cm³/mol. The molecule has 1 atom stereocenters. The van der Waals surface area contributed by atoms with Crippen molar-refractivity contribution in [3.05, 3.63) is 28.3 Å². The summed E-state index contributed by atoms with van der Waals surface area (Å²) in [5, 5.41) is 13.6. The lowest BCUT2D eigenvalue weighted by Gasteiger charge is -2.33. The Labute approximate surface area is 162 Å². The molecule has 0 aromatic heterocycles. The second-order valence-corrected chi connectivity index (χ2v) is 6.94. The number of rotatable bonds is 6. The molecule has 0 aliphatic carbocycles. The number of benzene rings is 1. The normalized spacial score (nSPS) is 20.0. The second-order valence-electron chi connectivity index (χ2n) is 6.94. The van der Waals surface area contributed by atoms with Gasteiger partial charge in [-0.3, -0.25) is 19.7 Å². The molecule has 0 bridgehead atoms. The van der Waals surface area contributed by atoms with Gasteiger partial charge in [0.1, 0.15) is 11.9 Å². The molecular weight excluding hydrogens is 368 g/mol. The van der Waals surface area contributed by atoms with Crippen LogP contribution >= 0.6 is 0 Å². The molecular formula is C18H25N4O6+. The Morgan fingerprint density at radius 1 is 1.39 bits per heavy atom. The minimum atomic E-state index is -0.523. The molecule has 2 aliphatic rings. The van der Waals surface area contributed by atoms with Gasteiger partial charge in [-0.1, -0.05) is 0 Å². The van der Waals surface area contributed by atoms with Crippen LogP contribution in [0.25, 0.3) is 0 Å². The number of nitro benzene ring substituents is 1. The Morgan fingerprint density at radius 3 is 2.75 bits per heavy atom. The van der Waals surface area contributed by atoms with Gasteiger partial charge in [-0.15, -0.1) is 0 Å². The number of anilines is 1. The summed E-state index contributed by atoms with van der Waals surface area (Å²) in [6, 6.07) is 4.06. The number of ether oxygens (including phenoxy) is 2. The van der Waals surface area contributed by atoms with E-state index < -0.39 is 4.92 Å². The molecule has 28 heavy (non-hydrogen) atoms. The molecule has 0 radical (unpaired) electrons. The molecule has 2 saturated heterocycles. The van der Waals surface area contributed by atoms with Gasteiger partial charge in [0.05, 0.1) is 43.9 Å². The van der Waals surface area contributed by atoms with Crippen molar-refractivity contribution < 1.29 is 28.9 Å². The number of quaternary nitrogens is 1. The first-order valence-electron chi connectivity index (χ1n) is 9.34. The van der Waals surface area contributed by atoms with Crippen molar-refractivity contribution in [2.45, 2.75) is 18.9 Å². The van der Waals surface area contributed by atoms with Crippen LogP contribution in [0.4, 0.5) is 11.4 Å². The zero-order valence-corrected chi connectivity index (χ0v) is 15.8. The lowest BCUT2D eigenvalue weighted by atomic mass is 10.2. The molecule has 0 unspecified atom stereocenters. The van der Waals surface area contributed by atoms with Crippen LogP contribution in [0.15, 0.2) is 18.2 Å². The smallest absolute Gasteiger partial charge is 0.279 e. The first-order valence-corrected chi connectivity index (χ1v) is 9.34. The van der Waals surface area contributed by atoms with Gasteiger partial charge in [-0.2, -0.15) is 0 Å². The Balaban J connectivity index is 1.51. The monoisotopic (exact) mass is 393 g/mol. The molecule has 2 amide bonds. The standard InChI is InChI=1S/C18H24N4O6/c1-27-15-5-4-13(22(25)26)11-14(15)19-17(23)12-20-6-8-21(9-7-20)18(24)16-3-2-10-28-16/h4-5,11,16H,2-3,6-10,12H2,1H3,(H,19,23)/p+1/t16-/m1/s1. The number of nitrogens with zero attached hydrogens (tertiary/aromatic N) is 2. The number of hydrogen-bond donors (Lipinski definition) is 2. The number of methoxy groups -OCH3 is 1. The number of amides is 2. The molecule has 3 rings (SSSR count). The van der Waals surface area contributed by atoms with Crippen molar-refractivity contribution in [2.75, 3.05) is 51.8 Å². The first-order chi connectivity index (χ1) is 13.5. The molecule has 0 saturated carbocycles. The van der Waals surface area contributed by atoms with E-state index in [1.165, 1.54) is 25.3 Å². The Bertz CT molecular complexity index is 742. The van der Waals surface area contributed by atoms with E-state index in [0.717, 1.165) is 17.7 Å². The highest BCUT2D eigenvalue weighted by atomic mass is 16.6. The third kappa shape index (κ3) is 4.76. The third-order valence-corrected chi connectivity index (χ3v) is 5.07. The van der Waals surface area contributed by atoms with E-state index in [2.05, 4.69) is 5.32 Å². The molecule has 1 aromatic rings. The van der Waals surface area contributed by atoms with E-state index in [1.807, 2.05) is 0 Å². The average molecular weight is 393 g/mol. The van der Waals surface area contributed by atoms with Crippen LogP contribution < -0.4 is 15.0 Å². The zero-order valence-electron chi connectivity index (χ0n) is 15.8. The number of nitrogens with one attached hydrogen (secondary N) is 2. The fraction of sp³-hybridized carbons (Fsp3) is 0.556. The summed E-state index contributed by atoms with van der Waals surface area (Å²) >= 11 is 0. The molecule has 2 N–H and O–H groups in total. The number of hydrogen-bond acceptors (Lipinski definition) is 6. The van der Waals surface area contributed by atoms with E-state index in [9.17, 15) is 19.7 Å². The van der Waals surface area contributed by atoms with Gasteiger partial charge in [0.2, 0.25) is 0 Å². The van der Waals surface area contributed by atoms with E-state index in [0.29, 0.717) is 38.5 Å². The summed E-state index contributed by atoms with van der Waals surface area (Å²) < 4.78 is 10.6. The summed E-state index contributed by atoms with van der Waals surface area (Å²) in [5.74, 6) is 0.149. The number of nitro groups is 1. The van der Waals surface area contributed by atoms with Crippen LogP contribution in [-0.2, 0) is 14.3 Å². The van der Waals surface area contributed by atoms with Crippen LogP contribution in [0.5, 0.6) is 5.75 Å². The van der Waals surface area contributed by atoms with Crippen LogP contribution in [-0.4, -0.2) is 74.2 Å². The van der Waals surface area contributed by atoms with E-state index in [4.69, 9.17) is 9.47 Å². The average Bonchev–Trinajstić information content (AvgIpc) is 3.22. The molecule has 0 spiro atoms. The van der Waals surface area contributed by atoms with Gasteiger partial charge in [0.15, 0.2) is 6.54 Å². The number of non-ortho nitro benzene ring substituents is 1. The van der Waals surface area contributed by atoms with Crippen LogP contribution in [0.3, 0.4) is 0 Å². The van der Waals surface area contributed by atoms with Crippen molar-refractivity contribution >= 4 is 23.2 Å². The minimum absolute atomic E-state index is 0.0438. The van der Waals surface area contributed by atoms with Crippen molar-refractivity contribution in [3.63, 3.8) is 0 Å². The maximum atomic E-state index is 12.4. The molecule has 2 aliphatic heterocycles. The predicted octanol–water partition coefficient (Wildman–Crippen LogP) is -0.552. The minimum Gasteiger partial charge on any atom is -0.495 e. The van der Waals surface area contributed by atoms with E-state index in [-0.39, 0.29) is 35.8 Å². The summed E-state index contributed by atoms with van der Waals surface area (Å²) in [4.78, 5) is 38.0. The Morgan fingerprint density at radius 2 is 2.14 bits per heavy atom. The highest BCUT2D eigenvalue weighted by Crippen LogP contribution is 2.28. The lowest BCUT2D eigenvalue weighted by Crippen LogP contribution is -3.15. The largest absolute Gasteiger partial charge is 0.495 e. The van der Waals surface area contributed by atoms with Crippen LogP contribution in [0.2, 0.25) is 0 Å². The van der Waals surface area contributed by atoms with E-state index in [1.54, 1.807) is 4.90 Å². The van der Waals surface area contributed by atoms with Crippen molar-refractivity contribution in [2.24, 2.45) is 0 Å². The van der Waals surface area contributed by atoms with Gasteiger partial charge >= 0.3 is 0 Å². The molecule has 2 heterocycles. The second kappa shape index (κ2) is 8.98. The number of carbonyl (C=O) groups is 2. The van der Waals surface area contributed by atoms with Gasteiger partial charge in [0, 0.05) is 18.7 Å². The zero-order chi connectivity index (χ0) is 20.1. The quantitative estimate of drug-likeness (QED) is 0.495. The highest BCUT2D eigenvalue weighted by Gasteiger charge is 2.32. The lowest BCUT2D eigenvalue weighted by molar-refractivity contribution is -0.895. The van der Waals surface area contributed by atoms with Gasteiger partial charge in [-0.25, -0.2) is 0 Å². The molecule has 2 fully saturated rings. The van der Waals surface area contributed by atoms with Gasteiger partial charge in [0.25, 0.3) is 17.5 Å². The SMILES string of the molecule is COc1ccc([N+](=O)[O-])cc1NC(=O)C[NH+]1CCN(C(=O)[C@H]2CCCO2)CC1. The Kier molecular flexibility index (Phi) is 6.42. The fourth-order valence-electron chi connectivity index (χ4n) is 3.52. The van der Waals surface area contributed by atoms with Crippen molar-refractivity contribution in [1.29, 1.82) is 0 Å². The van der Waals surface area contributed by atoms with Crippen molar-refractivity contribution in [3.8, 4) is 5.75 Å². The summed E-state index contributed by atoms with van der Waals surface area (Å²) in [6.07, 6.45) is 1.38. The molecule has 152 valence electrons.